The van der Waals surface area contributed by atoms with Crippen LogP contribution < -0.4 is 5.32 Å². The Morgan fingerprint density at radius 2 is 2.22 bits per heavy atom. The van der Waals surface area contributed by atoms with Crippen LogP contribution in [0.5, 0.6) is 0 Å². The minimum absolute atomic E-state index is 0.395. The van der Waals surface area contributed by atoms with E-state index in [4.69, 9.17) is 4.74 Å². The molecule has 1 aliphatic heterocycles. The Hall–Kier alpha value is -0.630. The molecule has 2 fully saturated rings. The van der Waals surface area contributed by atoms with Gasteiger partial charge in [-0.3, -0.25) is 10.2 Å². The van der Waals surface area contributed by atoms with Crippen molar-refractivity contribution in [2.75, 3.05) is 20.3 Å². The van der Waals surface area contributed by atoms with Gasteiger partial charge in [-0.05, 0) is 46.6 Å². The maximum atomic E-state index is 9.40. The zero-order chi connectivity index (χ0) is 13.2. The minimum Gasteiger partial charge on any atom is -0.380 e. The molecule has 18 heavy (non-hydrogen) atoms. The maximum absolute atomic E-state index is 9.40. The Bertz CT molecular complexity index is 317. The first-order valence-corrected chi connectivity index (χ1v) is 7.03. The van der Waals surface area contributed by atoms with Gasteiger partial charge in [0.2, 0.25) is 0 Å². The lowest BCUT2D eigenvalue weighted by atomic mass is 9.93. The van der Waals surface area contributed by atoms with Crippen LogP contribution in [0.3, 0.4) is 0 Å². The van der Waals surface area contributed by atoms with E-state index in [0.29, 0.717) is 18.1 Å². The van der Waals surface area contributed by atoms with Crippen molar-refractivity contribution in [2.24, 2.45) is 0 Å². The van der Waals surface area contributed by atoms with Crippen LogP contribution in [-0.4, -0.2) is 48.8 Å². The number of nitrogens with one attached hydrogen (secondary N) is 1. The summed E-state index contributed by atoms with van der Waals surface area (Å²) in [5.74, 6) is 0. The Kier molecular flexibility index (Phi) is 4.26. The fraction of sp³-hybridized carbons (Fsp3) is 0.929. The third kappa shape index (κ3) is 3.44. The fourth-order valence-corrected chi connectivity index (χ4v) is 2.75. The average Bonchev–Trinajstić information content (AvgIpc) is 2.98. The molecule has 1 aliphatic carbocycles. The second-order valence-electron chi connectivity index (χ2n) is 6.10. The molecule has 1 N–H and O–H groups in total. The normalized spacial score (nSPS) is 28.9. The van der Waals surface area contributed by atoms with Gasteiger partial charge in [0, 0.05) is 24.7 Å². The van der Waals surface area contributed by atoms with Crippen molar-refractivity contribution >= 4 is 0 Å². The van der Waals surface area contributed by atoms with E-state index in [-0.39, 0.29) is 0 Å². The standard InChI is InChI=1S/C14H25N3O/c1-11(17(3)13-6-7-18-9-13)8-14(2,10-15)16-12-4-5-12/h11-13,16H,4-9H2,1-3H3. The molecule has 2 aliphatic rings. The molecule has 0 amide bonds. The third-order valence-corrected chi connectivity index (χ3v) is 4.23. The first kappa shape index (κ1) is 13.8. The van der Waals surface area contributed by atoms with Gasteiger partial charge in [-0.15, -0.1) is 0 Å². The Morgan fingerprint density at radius 1 is 1.50 bits per heavy atom. The zero-order valence-electron chi connectivity index (χ0n) is 11.8. The lowest BCUT2D eigenvalue weighted by Gasteiger charge is -2.34. The molecule has 0 aromatic heterocycles. The van der Waals surface area contributed by atoms with Gasteiger partial charge in [0.05, 0.1) is 12.7 Å². The van der Waals surface area contributed by atoms with Gasteiger partial charge >= 0.3 is 0 Å². The van der Waals surface area contributed by atoms with Gasteiger partial charge in [0.1, 0.15) is 5.54 Å². The van der Waals surface area contributed by atoms with Crippen LogP contribution in [0.1, 0.15) is 39.5 Å². The van der Waals surface area contributed by atoms with Crippen molar-refractivity contribution < 1.29 is 4.74 Å². The van der Waals surface area contributed by atoms with Crippen molar-refractivity contribution in [1.82, 2.24) is 10.2 Å². The molecule has 2 rings (SSSR count). The van der Waals surface area contributed by atoms with E-state index in [9.17, 15) is 5.26 Å². The van der Waals surface area contributed by atoms with Crippen LogP contribution in [0.2, 0.25) is 0 Å². The SMILES string of the molecule is CC(CC(C)(C#N)NC1CC1)N(C)C1CCOC1. The first-order valence-electron chi connectivity index (χ1n) is 7.03. The van der Waals surface area contributed by atoms with Gasteiger partial charge in [-0.25, -0.2) is 0 Å². The Labute approximate surface area is 110 Å². The monoisotopic (exact) mass is 251 g/mol. The first-order chi connectivity index (χ1) is 8.54. The van der Waals surface area contributed by atoms with E-state index >= 15 is 0 Å². The molecule has 1 saturated carbocycles. The molecular weight excluding hydrogens is 226 g/mol. The Balaban J connectivity index is 1.87. The van der Waals surface area contributed by atoms with Crippen LogP contribution in [-0.2, 0) is 4.74 Å². The van der Waals surface area contributed by atoms with Crippen molar-refractivity contribution in [3.05, 3.63) is 0 Å². The predicted molar refractivity (Wildman–Crippen MR) is 71.2 cm³/mol. The fourth-order valence-electron chi connectivity index (χ4n) is 2.75. The van der Waals surface area contributed by atoms with Crippen LogP contribution in [0.25, 0.3) is 0 Å². The molecule has 102 valence electrons. The van der Waals surface area contributed by atoms with E-state index in [1.807, 2.05) is 6.92 Å². The molecule has 3 unspecified atom stereocenters. The van der Waals surface area contributed by atoms with Crippen molar-refractivity contribution in [3.8, 4) is 6.07 Å². The largest absolute Gasteiger partial charge is 0.380 e. The number of rotatable bonds is 6. The van der Waals surface area contributed by atoms with Gasteiger partial charge in [-0.1, -0.05) is 0 Å². The summed E-state index contributed by atoms with van der Waals surface area (Å²) >= 11 is 0. The van der Waals surface area contributed by atoms with E-state index in [2.05, 4.69) is 30.3 Å². The second-order valence-corrected chi connectivity index (χ2v) is 6.10. The molecule has 4 heteroatoms. The number of nitriles is 1. The molecule has 0 bridgehead atoms. The number of nitrogens with zero attached hydrogens (tertiary/aromatic N) is 2. The summed E-state index contributed by atoms with van der Waals surface area (Å²) in [6.45, 7) is 5.95. The zero-order valence-corrected chi connectivity index (χ0v) is 11.8. The Morgan fingerprint density at radius 3 is 2.72 bits per heavy atom. The highest BCUT2D eigenvalue weighted by molar-refractivity contribution is 5.08. The van der Waals surface area contributed by atoms with E-state index in [0.717, 1.165) is 26.1 Å². The van der Waals surface area contributed by atoms with Gasteiger partial charge in [0.15, 0.2) is 0 Å². The average molecular weight is 251 g/mol. The second kappa shape index (κ2) is 5.56. The van der Waals surface area contributed by atoms with Crippen LogP contribution in [0.15, 0.2) is 0 Å². The van der Waals surface area contributed by atoms with E-state index in [1.165, 1.54) is 12.8 Å². The van der Waals surface area contributed by atoms with Gasteiger partial charge in [-0.2, -0.15) is 5.26 Å². The molecule has 0 aromatic rings. The molecule has 0 radical (unpaired) electrons. The highest BCUT2D eigenvalue weighted by Gasteiger charge is 2.35. The number of hydrogen-bond acceptors (Lipinski definition) is 4. The molecule has 1 saturated heterocycles. The summed E-state index contributed by atoms with van der Waals surface area (Å²) in [6, 6.07) is 3.94. The third-order valence-electron chi connectivity index (χ3n) is 4.23. The molecule has 3 atom stereocenters. The maximum Gasteiger partial charge on any atom is 0.105 e. The lowest BCUT2D eigenvalue weighted by Crippen LogP contribution is -2.49. The van der Waals surface area contributed by atoms with E-state index < -0.39 is 5.54 Å². The summed E-state index contributed by atoms with van der Waals surface area (Å²) in [4.78, 5) is 2.37. The smallest absolute Gasteiger partial charge is 0.105 e. The van der Waals surface area contributed by atoms with Crippen LogP contribution >= 0.6 is 0 Å². The highest BCUT2D eigenvalue weighted by atomic mass is 16.5. The van der Waals surface area contributed by atoms with Gasteiger partial charge < -0.3 is 4.74 Å². The van der Waals surface area contributed by atoms with Crippen molar-refractivity contribution in [3.63, 3.8) is 0 Å². The summed E-state index contributed by atoms with van der Waals surface area (Å²) in [6.07, 6.45) is 4.42. The molecule has 1 heterocycles. The minimum atomic E-state index is -0.395. The summed E-state index contributed by atoms with van der Waals surface area (Å²) in [5, 5.41) is 12.9. The van der Waals surface area contributed by atoms with Crippen LogP contribution in [0.4, 0.5) is 0 Å². The van der Waals surface area contributed by atoms with Crippen molar-refractivity contribution in [1.29, 1.82) is 5.26 Å². The molecule has 0 aromatic carbocycles. The van der Waals surface area contributed by atoms with Gasteiger partial charge in [0.25, 0.3) is 0 Å². The topological polar surface area (TPSA) is 48.3 Å². The highest BCUT2D eigenvalue weighted by Crippen LogP contribution is 2.26. The molecular formula is C14H25N3O. The van der Waals surface area contributed by atoms with Crippen LogP contribution in [0, 0.1) is 11.3 Å². The predicted octanol–water partition coefficient (Wildman–Crippen LogP) is 1.52. The number of likely N-dealkylation sites (N-methyl/N-ethyl adjacent to an activating group) is 1. The lowest BCUT2D eigenvalue weighted by molar-refractivity contribution is 0.125. The molecule has 0 spiro atoms. The quantitative estimate of drug-likeness (QED) is 0.777. The molecule has 4 nitrogen and oxygen atoms in total. The van der Waals surface area contributed by atoms with E-state index in [1.54, 1.807) is 0 Å². The van der Waals surface area contributed by atoms with Crippen molar-refractivity contribution in [2.45, 2.75) is 63.2 Å². The summed E-state index contributed by atoms with van der Waals surface area (Å²) in [7, 11) is 2.15. The summed E-state index contributed by atoms with van der Waals surface area (Å²) in [5.41, 5.74) is -0.395. The number of ether oxygens (including phenoxy) is 1. The number of hydrogen-bond donors (Lipinski definition) is 1. The summed E-state index contributed by atoms with van der Waals surface area (Å²) < 4.78 is 5.44.